The molecule has 21 heavy (non-hydrogen) atoms. The molecular formula is C12H14FNO5S2. The van der Waals surface area contributed by atoms with Crippen LogP contribution in [0.3, 0.4) is 0 Å². The molecule has 2 N–H and O–H groups in total. The molecule has 1 aromatic rings. The molecule has 1 aromatic carbocycles. The van der Waals surface area contributed by atoms with Crippen LogP contribution in [-0.4, -0.2) is 47.1 Å². The summed E-state index contributed by atoms with van der Waals surface area (Å²) in [7, 11) is -7.29. The fourth-order valence-electron chi connectivity index (χ4n) is 1.34. The first kappa shape index (κ1) is 17.6. The van der Waals surface area contributed by atoms with Gasteiger partial charge in [-0.15, -0.1) is 0 Å². The van der Waals surface area contributed by atoms with Crippen molar-refractivity contribution in [2.24, 2.45) is 0 Å². The molecule has 0 aliphatic heterocycles. The van der Waals surface area contributed by atoms with Gasteiger partial charge in [0.25, 0.3) is 0 Å². The summed E-state index contributed by atoms with van der Waals surface area (Å²) in [5.74, 6) is 3.39. The number of aliphatic hydroxyl groups is 1. The molecule has 116 valence electrons. The Bertz CT molecular complexity index is 776. The van der Waals surface area contributed by atoms with Crippen LogP contribution in [0.1, 0.15) is 5.56 Å². The van der Waals surface area contributed by atoms with E-state index in [4.69, 9.17) is 5.11 Å². The maximum absolute atomic E-state index is 13.6. The first-order chi connectivity index (χ1) is 9.65. The van der Waals surface area contributed by atoms with Crippen LogP contribution in [0, 0.1) is 17.7 Å². The number of aliphatic hydroxyl groups excluding tert-OH is 1. The van der Waals surface area contributed by atoms with Crippen molar-refractivity contribution in [1.82, 2.24) is 4.72 Å². The zero-order chi connectivity index (χ0) is 16.1. The molecule has 0 amide bonds. The summed E-state index contributed by atoms with van der Waals surface area (Å²) < 4.78 is 61.3. The van der Waals surface area contributed by atoms with Crippen molar-refractivity contribution >= 4 is 19.9 Å². The summed E-state index contributed by atoms with van der Waals surface area (Å²) in [4.78, 5) is -0.331. The molecule has 0 atom stereocenters. The number of sulfonamides is 1. The Labute approximate surface area is 123 Å². The van der Waals surface area contributed by atoms with E-state index < -0.39 is 32.3 Å². The van der Waals surface area contributed by atoms with Gasteiger partial charge in [-0.1, -0.05) is 11.8 Å². The van der Waals surface area contributed by atoms with Gasteiger partial charge in [-0.2, -0.15) is 0 Å². The summed E-state index contributed by atoms with van der Waals surface area (Å²) in [6, 6.07) is 3.10. The van der Waals surface area contributed by atoms with Crippen LogP contribution in [0.15, 0.2) is 23.1 Å². The topological polar surface area (TPSA) is 101 Å². The maximum atomic E-state index is 13.6. The number of sulfone groups is 1. The lowest BCUT2D eigenvalue weighted by molar-refractivity contribution is 0.350. The van der Waals surface area contributed by atoms with Crippen molar-refractivity contribution in [3.8, 4) is 11.8 Å². The summed E-state index contributed by atoms with van der Waals surface area (Å²) >= 11 is 0. The Morgan fingerprint density at radius 2 is 1.95 bits per heavy atom. The van der Waals surface area contributed by atoms with Crippen molar-refractivity contribution in [3.05, 3.63) is 29.6 Å². The van der Waals surface area contributed by atoms with E-state index in [2.05, 4.69) is 16.6 Å². The van der Waals surface area contributed by atoms with Crippen molar-refractivity contribution in [2.75, 3.05) is 25.2 Å². The van der Waals surface area contributed by atoms with Crippen LogP contribution >= 0.6 is 0 Å². The maximum Gasteiger partial charge on any atom is 0.240 e. The zero-order valence-corrected chi connectivity index (χ0v) is 12.8. The molecule has 0 saturated carbocycles. The molecule has 0 aromatic heterocycles. The third kappa shape index (κ3) is 5.81. The van der Waals surface area contributed by atoms with Gasteiger partial charge in [-0.25, -0.2) is 25.9 Å². The smallest absolute Gasteiger partial charge is 0.240 e. The standard InChI is InChI=1S/C12H14FNO5S2/c1-20(16,17)8-6-14-21(18,19)11-5-4-10(3-2-7-15)12(13)9-11/h4-5,9,14-15H,6-8H2,1H3. The van der Waals surface area contributed by atoms with Crippen LogP contribution in [-0.2, 0) is 19.9 Å². The Hall–Kier alpha value is -1.47. The van der Waals surface area contributed by atoms with Crippen LogP contribution in [0.5, 0.6) is 0 Å². The molecule has 0 unspecified atom stereocenters. The predicted molar refractivity (Wildman–Crippen MR) is 75.3 cm³/mol. The van der Waals surface area contributed by atoms with Crippen LogP contribution in [0.25, 0.3) is 0 Å². The molecular weight excluding hydrogens is 321 g/mol. The van der Waals surface area contributed by atoms with Crippen molar-refractivity contribution < 1.29 is 26.3 Å². The Balaban J connectivity index is 2.92. The van der Waals surface area contributed by atoms with Gasteiger partial charge in [0.05, 0.1) is 16.2 Å². The van der Waals surface area contributed by atoms with Crippen LogP contribution in [0.2, 0.25) is 0 Å². The largest absolute Gasteiger partial charge is 0.384 e. The first-order valence-corrected chi connectivity index (χ1v) is 9.27. The summed E-state index contributed by atoms with van der Waals surface area (Å²) in [6.45, 7) is -0.735. The minimum Gasteiger partial charge on any atom is -0.384 e. The second kappa shape index (κ2) is 7.00. The fraction of sp³-hybridized carbons (Fsp3) is 0.333. The van der Waals surface area contributed by atoms with E-state index in [-0.39, 0.29) is 22.8 Å². The number of benzene rings is 1. The van der Waals surface area contributed by atoms with E-state index in [1.807, 2.05) is 0 Å². The molecule has 6 nitrogen and oxygen atoms in total. The molecule has 0 aliphatic rings. The third-order valence-electron chi connectivity index (χ3n) is 2.32. The van der Waals surface area contributed by atoms with Crippen LogP contribution < -0.4 is 4.72 Å². The molecule has 0 heterocycles. The Morgan fingerprint density at radius 1 is 1.29 bits per heavy atom. The third-order valence-corrected chi connectivity index (χ3v) is 4.72. The second-order valence-corrected chi connectivity index (χ2v) is 8.16. The van der Waals surface area contributed by atoms with E-state index in [1.165, 1.54) is 6.07 Å². The predicted octanol–water partition coefficient (Wildman–Crippen LogP) is -0.508. The van der Waals surface area contributed by atoms with Gasteiger partial charge in [0.2, 0.25) is 10.0 Å². The number of hydrogen-bond donors (Lipinski definition) is 2. The van der Waals surface area contributed by atoms with Crippen LogP contribution in [0.4, 0.5) is 4.39 Å². The van der Waals surface area contributed by atoms with E-state index in [0.717, 1.165) is 18.4 Å². The molecule has 0 saturated heterocycles. The number of rotatable bonds is 5. The Morgan fingerprint density at radius 3 is 2.48 bits per heavy atom. The molecule has 0 fully saturated rings. The van der Waals surface area contributed by atoms with E-state index in [1.54, 1.807) is 0 Å². The van der Waals surface area contributed by atoms with Gasteiger partial charge in [0.1, 0.15) is 22.3 Å². The van der Waals surface area contributed by atoms with Crippen molar-refractivity contribution in [3.63, 3.8) is 0 Å². The van der Waals surface area contributed by atoms with Gasteiger partial charge in [-0.05, 0) is 18.2 Å². The van der Waals surface area contributed by atoms with E-state index in [0.29, 0.717) is 0 Å². The second-order valence-electron chi connectivity index (χ2n) is 4.13. The van der Waals surface area contributed by atoms with Gasteiger partial charge in [-0.3, -0.25) is 0 Å². The lowest BCUT2D eigenvalue weighted by Crippen LogP contribution is -2.29. The normalized spacial score (nSPS) is 11.8. The van der Waals surface area contributed by atoms with Gasteiger partial charge in [0.15, 0.2) is 0 Å². The summed E-state index contributed by atoms with van der Waals surface area (Å²) in [5.41, 5.74) is -0.0425. The SMILES string of the molecule is CS(=O)(=O)CCNS(=O)(=O)c1ccc(C#CCO)c(F)c1. The van der Waals surface area contributed by atoms with E-state index in [9.17, 15) is 21.2 Å². The van der Waals surface area contributed by atoms with Gasteiger partial charge >= 0.3 is 0 Å². The van der Waals surface area contributed by atoms with Gasteiger partial charge < -0.3 is 5.11 Å². The number of halogens is 1. The van der Waals surface area contributed by atoms with Crippen molar-refractivity contribution in [2.45, 2.75) is 4.90 Å². The molecule has 0 aliphatic carbocycles. The number of nitrogens with one attached hydrogen (secondary N) is 1. The molecule has 9 heteroatoms. The average molecular weight is 335 g/mol. The van der Waals surface area contributed by atoms with E-state index >= 15 is 0 Å². The highest BCUT2D eigenvalue weighted by Gasteiger charge is 2.16. The monoisotopic (exact) mass is 335 g/mol. The lowest BCUT2D eigenvalue weighted by Gasteiger charge is -2.06. The molecule has 0 bridgehead atoms. The molecule has 0 spiro atoms. The van der Waals surface area contributed by atoms with Gasteiger partial charge in [0, 0.05) is 12.8 Å². The highest BCUT2D eigenvalue weighted by Crippen LogP contribution is 2.14. The first-order valence-electron chi connectivity index (χ1n) is 5.72. The zero-order valence-electron chi connectivity index (χ0n) is 11.1. The highest BCUT2D eigenvalue weighted by molar-refractivity contribution is 7.91. The highest BCUT2D eigenvalue weighted by atomic mass is 32.2. The molecule has 1 rings (SSSR count). The summed E-state index contributed by atoms with van der Waals surface area (Å²) in [6.07, 6.45) is 0.982. The Kier molecular flexibility index (Phi) is 5.86. The van der Waals surface area contributed by atoms with Crippen molar-refractivity contribution in [1.29, 1.82) is 0 Å². The minimum atomic E-state index is -3.99. The molecule has 0 radical (unpaired) electrons. The fourth-order valence-corrected chi connectivity index (χ4v) is 2.99. The average Bonchev–Trinajstić information content (AvgIpc) is 2.35. The minimum absolute atomic E-state index is 0.0425. The quantitative estimate of drug-likeness (QED) is 0.706. The summed E-state index contributed by atoms with van der Waals surface area (Å²) in [5, 5.41) is 8.51. The number of hydrogen-bond acceptors (Lipinski definition) is 5. The lowest BCUT2D eigenvalue weighted by atomic mass is 10.2.